The van der Waals surface area contributed by atoms with E-state index in [1.165, 1.54) is 24.0 Å². The van der Waals surface area contributed by atoms with Crippen LogP contribution in [0.3, 0.4) is 0 Å². The van der Waals surface area contributed by atoms with Crippen molar-refractivity contribution in [1.29, 1.82) is 0 Å². The van der Waals surface area contributed by atoms with Gasteiger partial charge in [-0.3, -0.25) is 4.79 Å². The van der Waals surface area contributed by atoms with Crippen LogP contribution in [-0.2, 0) is 4.79 Å². The first-order valence-corrected chi connectivity index (χ1v) is 6.06. The fraction of sp³-hybridized carbons (Fsp3) is 0.643. The van der Waals surface area contributed by atoms with Gasteiger partial charge in [-0.25, -0.2) is 0 Å². The van der Waals surface area contributed by atoms with Gasteiger partial charge in [0.05, 0.1) is 0 Å². The molecule has 0 aromatic rings. The second-order valence-electron chi connectivity index (χ2n) is 5.58. The SMILES string of the molecule is C=C1CC[C@@]23C[C@@H]1C(=O)C=C2CC[C@H]3C. The van der Waals surface area contributed by atoms with Crippen molar-refractivity contribution in [3.63, 3.8) is 0 Å². The predicted octanol–water partition coefficient (Wildman–Crippen LogP) is 3.27. The molecule has 0 unspecified atom stereocenters. The number of rotatable bonds is 0. The third kappa shape index (κ3) is 1.07. The van der Waals surface area contributed by atoms with Gasteiger partial charge in [-0.15, -0.1) is 0 Å². The van der Waals surface area contributed by atoms with Crippen molar-refractivity contribution < 1.29 is 4.79 Å². The second-order valence-corrected chi connectivity index (χ2v) is 5.58. The molecule has 2 fully saturated rings. The first-order valence-electron chi connectivity index (χ1n) is 6.06. The van der Waals surface area contributed by atoms with Gasteiger partial charge in [-0.1, -0.05) is 24.6 Å². The number of fused-ring (bicyclic) bond motifs is 1. The van der Waals surface area contributed by atoms with E-state index in [4.69, 9.17) is 0 Å². The van der Waals surface area contributed by atoms with Crippen molar-refractivity contribution in [3.05, 3.63) is 23.8 Å². The Balaban J connectivity index is 2.10. The summed E-state index contributed by atoms with van der Waals surface area (Å²) in [6.45, 7) is 6.43. The Bertz CT molecular complexity index is 377. The maximum atomic E-state index is 11.9. The van der Waals surface area contributed by atoms with Crippen molar-refractivity contribution in [1.82, 2.24) is 0 Å². The number of carbonyl (C=O) groups excluding carboxylic acids is 1. The van der Waals surface area contributed by atoms with Gasteiger partial charge in [0.1, 0.15) is 0 Å². The molecule has 15 heavy (non-hydrogen) atoms. The molecule has 3 aliphatic carbocycles. The summed E-state index contributed by atoms with van der Waals surface area (Å²) in [4.78, 5) is 11.9. The van der Waals surface area contributed by atoms with Crippen LogP contribution in [0, 0.1) is 17.3 Å². The number of hydrogen-bond acceptors (Lipinski definition) is 1. The Hall–Kier alpha value is -0.850. The molecule has 3 aliphatic rings. The second kappa shape index (κ2) is 2.84. The summed E-state index contributed by atoms with van der Waals surface area (Å²) in [5.41, 5.74) is 3.03. The summed E-state index contributed by atoms with van der Waals surface area (Å²) in [5, 5.41) is 0. The molecule has 1 heteroatoms. The standard InChI is InChI=1S/C14H18O/c1-9-5-6-14-8-12(9)13(15)7-11(14)4-3-10(14)2/h7,10,12H,1,3-6,8H2,2H3/t10-,12+,14+/m1/s1. The van der Waals surface area contributed by atoms with Gasteiger partial charge in [0.15, 0.2) is 5.78 Å². The maximum absolute atomic E-state index is 11.9. The van der Waals surface area contributed by atoms with Gasteiger partial charge in [0, 0.05) is 5.92 Å². The van der Waals surface area contributed by atoms with E-state index < -0.39 is 0 Å². The van der Waals surface area contributed by atoms with E-state index in [1.54, 1.807) is 0 Å². The first-order chi connectivity index (χ1) is 7.13. The largest absolute Gasteiger partial charge is 0.294 e. The minimum atomic E-state index is 0.156. The molecule has 3 rings (SSSR count). The van der Waals surface area contributed by atoms with Crippen LogP contribution in [0.2, 0.25) is 0 Å². The van der Waals surface area contributed by atoms with Crippen LogP contribution in [0.1, 0.15) is 39.0 Å². The van der Waals surface area contributed by atoms with Crippen molar-refractivity contribution in [3.8, 4) is 0 Å². The smallest absolute Gasteiger partial charge is 0.162 e. The molecule has 0 aromatic carbocycles. The summed E-state index contributed by atoms with van der Waals surface area (Å²) < 4.78 is 0. The minimum Gasteiger partial charge on any atom is -0.294 e. The number of allylic oxidation sites excluding steroid dienone is 3. The van der Waals surface area contributed by atoms with Gasteiger partial charge in [-0.05, 0) is 49.5 Å². The van der Waals surface area contributed by atoms with Crippen LogP contribution in [-0.4, -0.2) is 5.78 Å². The Morgan fingerprint density at radius 2 is 2.27 bits per heavy atom. The molecular formula is C14H18O. The average molecular weight is 202 g/mol. The minimum absolute atomic E-state index is 0.156. The molecule has 0 aromatic heterocycles. The van der Waals surface area contributed by atoms with Crippen molar-refractivity contribution in [2.24, 2.45) is 17.3 Å². The molecule has 3 atom stereocenters. The highest BCUT2D eigenvalue weighted by Crippen LogP contribution is 2.60. The third-order valence-electron chi connectivity index (χ3n) is 5.04. The quantitative estimate of drug-likeness (QED) is 0.551. The molecule has 2 bridgehead atoms. The van der Waals surface area contributed by atoms with Gasteiger partial charge in [0.25, 0.3) is 0 Å². The van der Waals surface area contributed by atoms with Crippen LogP contribution in [0.5, 0.6) is 0 Å². The maximum Gasteiger partial charge on any atom is 0.162 e. The van der Waals surface area contributed by atoms with Gasteiger partial charge < -0.3 is 0 Å². The fourth-order valence-electron chi connectivity index (χ4n) is 3.91. The monoisotopic (exact) mass is 202 g/mol. The lowest BCUT2D eigenvalue weighted by molar-refractivity contribution is -0.119. The highest BCUT2D eigenvalue weighted by Gasteiger charge is 2.51. The van der Waals surface area contributed by atoms with E-state index in [0.717, 1.165) is 25.2 Å². The van der Waals surface area contributed by atoms with E-state index >= 15 is 0 Å². The van der Waals surface area contributed by atoms with Crippen LogP contribution in [0.4, 0.5) is 0 Å². The summed E-state index contributed by atoms with van der Waals surface area (Å²) in [6, 6.07) is 0. The molecule has 1 nitrogen and oxygen atoms in total. The highest BCUT2D eigenvalue weighted by molar-refractivity contribution is 5.96. The topological polar surface area (TPSA) is 17.1 Å². The molecule has 0 heterocycles. The summed E-state index contributed by atoms with van der Waals surface area (Å²) in [6.07, 6.45) is 7.77. The van der Waals surface area contributed by atoms with Gasteiger partial charge in [0.2, 0.25) is 0 Å². The molecule has 2 saturated carbocycles. The van der Waals surface area contributed by atoms with Crippen molar-refractivity contribution in [2.75, 3.05) is 0 Å². The Kier molecular flexibility index (Phi) is 1.78. The van der Waals surface area contributed by atoms with E-state index in [9.17, 15) is 4.79 Å². The van der Waals surface area contributed by atoms with E-state index in [2.05, 4.69) is 13.5 Å². The van der Waals surface area contributed by atoms with Crippen molar-refractivity contribution in [2.45, 2.75) is 39.0 Å². The zero-order chi connectivity index (χ0) is 10.6. The van der Waals surface area contributed by atoms with E-state index in [1.807, 2.05) is 6.08 Å². The summed E-state index contributed by atoms with van der Waals surface area (Å²) in [7, 11) is 0. The molecule has 0 amide bonds. The molecule has 0 radical (unpaired) electrons. The Morgan fingerprint density at radius 3 is 3.07 bits per heavy atom. The van der Waals surface area contributed by atoms with Crippen molar-refractivity contribution >= 4 is 5.78 Å². The number of ketones is 1. The van der Waals surface area contributed by atoms with Crippen LogP contribution >= 0.6 is 0 Å². The first kappa shape index (κ1) is 9.38. The predicted molar refractivity (Wildman–Crippen MR) is 60.4 cm³/mol. The van der Waals surface area contributed by atoms with E-state index in [-0.39, 0.29) is 5.92 Å². The Labute approximate surface area is 91.2 Å². The van der Waals surface area contributed by atoms with E-state index in [0.29, 0.717) is 11.2 Å². The van der Waals surface area contributed by atoms with Crippen LogP contribution in [0.15, 0.2) is 23.8 Å². The molecule has 0 N–H and O–H groups in total. The lowest BCUT2D eigenvalue weighted by atomic mass is 9.58. The van der Waals surface area contributed by atoms with Crippen LogP contribution in [0.25, 0.3) is 0 Å². The van der Waals surface area contributed by atoms with Gasteiger partial charge in [-0.2, -0.15) is 0 Å². The zero-order valence-electron chi connectivity index (χ0n) is 9.38. The normalized spacial score (nSPS) is 43.9. The summed E-state index contributed by atoms with van der Waals surface area (Å²) in [5.74, 6) is 1.26. The summed E-state index contributed by atoms with van der Waals surface area (Å²) >= 11 is 0. The highest BCUT2D eigenvalue weighted by atomic mass is 16.1. The fourth-order valence-corrected chi connectivity index (χ4v) is 3.91. The van der Waals surface area contributed by atoms with Crippen LogP contribution < -0.4 is 0 Å². The lowest BCUT2D eigenvalue weighted by Crippen LogP contribution is -2.39. The third-order valence-corrected chi connectivity index (χ3v) is 5.04. The lowest BCUT2D eigenvalue weighted by Gasteiger charge is -2.45. The molecule has 0 saturated heterocycles. The zero-order valence-corrected chi connectivity index (χ0v) is 9.38. The van der Waals surface area contributed by atoms with Gasteiger partial charge >= 0.3 is 0 Å². The average Bonchev–Trinajstić information content (AvgIpc) is 2.52. The Morgan fingerprint density at radius 1 is 1.47 bits per heavy atom. The number of carbonyl (C=O) groups is 1. The molecule has 80 valence electrons. The molecule has 1 spiro atoms. The molecule has 0 aliphatic heterocycles. The number of hydrogen-bond donors (Lipinski definition) is 0. The molecular weight excluding hydrogens is 184 g/mol.